The molecule has 11 heavy (non-hydrogen) atoms. The molecular formula is C5H8ClF3O2. The highest BCUT2D eigenvalue weighted by atomic mass is 35.5. The number of halogens is 4. The highest BCUT2D eigenvalue weighted by Crippen LogP contribution is 2.34. The van der Waals surface area contributed by atoms with Crippen LogP contribution in [0.25, 0.3) is 0 Å². The van der Waals surface area contributed by atoms with Gasteiger partial charge in [0.1, 0.15) is 0 Å². The number of alkyl halides is 4. The summed E-state index contributed by atoms with van der Waals surface area (Å²) in [5.41, 5.74) is 0. The van der Waals surface area contributed by atoms with E-state index in [1.165, 1.54) is 0 Å². The Morgan fingerprint density at radius 2 is 1.55 bits per heavy atom. The molecule has 0 fully saturated rings. The number of rotatable bonds is 3. The molecule has 0 unspecified atom stereocenters. The van der Waals surface area contributed by atoms with Gasteiger partial charge in [-0.2, -0.15) is 13.2 Å². The van der Waals surface area contributed by atoms with Gasteiger partial charge in [0.15, 0.2) is 0 Å². The first-order valence-electron chi connectivity index (χ1n) is 2.66. The first-order chi connectivity index (χ1) is 4.93. The zero-order chi connectivity index (χ0) is 9.12. The first kappa shape index (κ1) is 11.0. The lowest BCUT2D eigenvalue weighted by atomic mass is 10.3. The molecule has 0 aliphatic carbocycles. The van der Waals surface area contributed by atoms with Crippen molar-refractivity contribution in [3.63, 3.8) is 0 Å². The molecule has 0 aromatic rings. The summed E-state index contributed by atoms with van der Waals surface area (Å²) in [6, 6.07) is 0. The van der Waals surface area contributed by atoms with Gasteiger partial charge in [0.25, 0.3) is 5.79 Å². The molecule has 0 spiro atoms. The Morgan fingerprint density at radius 3 is 1.55 bits per heavy atom. The molecule has 0 bridgehead atoms. The van der Waals surface area contributed by atoms with Crippen LogP contribution in [0.2, 0.25) is 0 Å². The van der Waals surface area contributed by atoms with Crippen LogP contribution in [-0.2, 0) is 9.47 Å². The van der Waals surface area contributed by atoms with Crippen LogP contribution >= 0.6 is 11.6 Å². The van der Waals surface area contributed by atoms with Crippen molar-refractivity contribution in [2.75, 3.05) is 20.1 Å². The normalized spacial score (nSPS) is 13.6. The summed E-state index contributed by atoms with van der Waals surface area (Å²) in [4.78, 5) is 0. The fourth-order valence-electron chi connectivity index (χ4n) is 0.500. The van der Waals surface area contributed by atoms with Crippen LogP contribution in [0.4, 0.5) is 13.2 Å². The molecule has 0 N–H and O–H groups in total. The van der Waals surface area contributed by atoms with E-state index in [0.29, 0.717) is 0 Å². The summed E-state index contributed by atoms with van der Waals surface area (Å²) < 4.78 is 44.4. The van der Waals surface area contributed by atoms with Crippen molar-refractivity contribution >= 4 is 11.6 Å². The fourth-order valence-corrected chi connectivity index (χ4v) is 0.869. The Hall–Kier alpha value is -0.0000000000000000555. The summed E-state index contributed by atoms with van der Waals surface area (Å²) in [5, 5.41) is 0. The van der Waals surface area contributed by atoms with Gasteiger partial charge in [-0.1, -0.05) is 0 Å². The molecule has 0 aromatic heterocycles. The summed E-state index contributed by atoms with van der Waals surface area (Å²) in [7, 11) is 1.78. The van der Waals surface area contributed by atoms with E-state index in [4.69, 9.17) is 11.6 Å². The SMILES string of the molecule is COC(CCl)(OC)C(F)(F)F. The second-order valence-electron chi connectivity index (χ2n) is 1.79. The van der Waals surface area contributed by atoms with E-state index in [1.807, 2.05) is 0 Å². The van der Waals surface area contributed by atoms with Crippen molar-refractivity contribution in [3.8, 4) is 0 Å². The van der Waals surface area contributed by atoms with Gasteiger partial charge in [0.05, 0.1) is 5.88 Å². The standard InChI is InChI=1S/C5H8ClF3O2/c1-10-4(3-6,11-2)5(7,8)9/h3H2,1-2H3. The second kappa shape index (κ2) is 3.60. The van der Waals surface area contributed by atoms with E-state index in [1.54, 1.807) is 0 Å². The van der Waals surface area contributed by atoms with Gasteiger partial charge < -0.3 is 9.47 Å². The average molecular weight is 193 g/mol. The summed E-state index contributed by atoms with van der Waals surface area (Å²) in [6.07, 6.45) is -4.61. The van der Waals surface area contributed by atoms with Crippen molar-refractivity contribution in [2.24, 2.45) is 0 Å². The predicted molar refractivity (Wildman–Crippen MR) is 33.5 cm³/mol. The molecule has 0 atom stereocenters. The Morgan fingerprint density at radius 1 is 1.18 bits per heavy atom. The molecule has 0 aromatic carbocycles. The number of ether oxygens (including phenoxy) is 2. The minimum Gasteiger partial charge on any atom is -0.345 e. The van der Waals surface area contributed by atoms with Gasteiger partial charge >= 0.3 is 6.18 Å². The molecule has 0 aliphatic heterocycles. The second-order valence-corrected chi connectivity index (χ2v) is 2.06. The lowest BCUT2D eigenvalue weighted by Gasteiger charge is -2.30. The molecule has 2 nitrogen and oxygen atoms in total. The number of methoxy groups -OCH3 is 2. The van der Waals surface area contributed by atoms with E-state index >= 15 is 0 Å². The third-order valence-electron chi connectivity index (χ3n) is 1.27. The Kier molecular flexibility index (Phi) is 3.60. The van der Waals surface area contributed by atoms with Crippen LogP contribution in [0.3, 0.4) is 0 Å². The largest absolute Gasteiger partial charge is 0.444 e. The van der Waals surface area contributed by atoms with Crippen molar-refractivity contribution in [2.45, 2.75) is 12.0 Å². The molecule has 0 saturated carbocycles. The van der Waals surface area contributed by atoms with Crippen molar-refractivity contribution in [3.05, 3.63) is 0 Å². The monoisotopic (exact) mass is 192 g/mol. The van der Waals surface area contributed by atoms with Crippen molar-refractivity contribution < 1.29 is 22.6 Å². The zero-order valence-corrected chi connectivity index (χ0v) is 6.79. The maximum Gasteiger partial charge on any atom is 0.444 e. The third kappa shape index (κ3) is 1.98. The summed E-state index contributed by atoms with van der Waals surface area (Å²) in [6.45, 7) is 0. The first-order valence-corrected chi connectivity index (χ1v) is 3.20. The zero-order valence-electron chi connectivity index (χ0n) is 6.04. The lowest BCUT2D eigenvalue weighted by Crippen LogP contribution is -2.50. The Balaban J connectivity index is 4.54. The molecule has 0 aliphatic rings. The molecule has 0 rings (SSSR count). The molecule has 0 saturated heterocycles. The van der Waals surface area contributed by atoms with Crippen LogP contribution in [0.5, 0.6) is 0 Å². The lowest BCUT2D eigenvalue weighted by molar-refractivity contribution is -0.355. The van der Waals surface area contributed by atoms with Crippen LogP contribution in [-0.4, -0.2) is 32.1 Å². The Labute approximate surface area is 67.2 Å². The molecule has 0 radical (unpaired) electrons. The van der Waals surface area contributed by atoms with E-state index in [-0.39, 0.29) is 0 Å². The van der Waals surface area contributed by atoms with Gasteiger partial charge in [0, 0.05) is 14.2 Å². The molecular weight excluding hydrogens is 184 g/mol. The van der Waals surface area contributed by atoms with Crippen LogP contribution in [0.1, 0.15) is 0 Å². The highest BCUT2D eigenvalue weighted by Gasteiger charge is 2.56. The van der Waals surface area contributed by atoms with E-state index in [0.717, 1.165) is 14.2 Å². The van der Waals surface area contributed by atoms with E-state index in [9.17, 15) is 13.2 Å². The molecule has 6 heteroatoms. The van der Waals surface area contributed by atoms with Crippen molar-refractivity contribution in [1.29, 1.82) is 0 Å². The van der Waals surface area contributed by atoms with Gasteiger partial charge in [-0.3, -0.25) is 0 Å². The van der Waals surface area contributed by atoms with Crippen LogP contribution in [0, 0.1) is 0 Å². The molecule has 68 valence electrons. The molecule has 0 amide bonds. The quantitative estimate of drug-likeness (QED) is 0.501. The van der Waals surface area contributed by atoms with Gasteiger partial charge in [-0.15, -0.1) is 11.6 Å². The number of hydrogen-bond acceptors (Lipinski definition) is 2. The van der Waals surface area contributed by atoms with Crippen LogP contribution < -0.4 is 0 Å². The van der Waals surface area contributed by atoms with Gasteiger partial charge in [-0.25, -0.2) is 0 Å². The fraction of sp³-hybridized carbons (Fsp3) is 1.00. The number of hydrogen-bond donors (Lipinski definition) is 0. The average Bonchev–Trinajstić information content (AvgIpc) is 1.90. The van der Waals surface area contributed by atoms with Gasteiger partial charge in [-0.05, 0) is 0 Å². The van der Waals surface area contributed by atoms with E-state index in [2.05, 4.69) is 9.47 Å². The topological polar surface area (TPSA) is 18.5 Å². The highest BCUT2D eigenvalue weighted by molar-refractivity contribution is 6.18. The minimum atomic E-state index is -4.61. The van der Waals surface area contributed by atoms with Crippen LogP contribution in [0.15, 0.2) is 0 Å². The predicted octanol–water partition coefficient (Wildman–Crippen LogP) is 1.78. The van der Waals surface area contributed by atoms with Gasteiger partial charge in [0.2, 0.25) is 0 Å². The smallest absolute Gasteiger partial charge is 0.345 e. The minimum absolute atomic E-state index is 0.788. The maximum atomic E-state index is 12.0. The molecule has 0 heterocycles. The van der Waals surface area contributed by atoms with E-state index < -0.39 is 17.8 Å². The maximum absolute atomic E-state index is 12.0. The third-order valence-corrected chi connectivity index (χ3v) is 1.62. The van der Waals surface area contributed by atoms with Crippen molar-refractivity contribution in [1.82, 2.24) is 0 Å². The Bertz CT molecular complexity index is 113. The summed E-state index contributed by atoms with van der Waals surface area (Å²) >= 11 is 5.04. The summed E-state index contributed by atoms with van der Waals surface area (Å²) in [5.74, 6) is -3.46.